The summed E-state index contributed by atoms with van der Waals surface area (Å²) in [4.78, 5) is 15.0. The van der Waals surface area contributed by atoms with Gasteiger partial charge < -0.3 is 4.98 Å². The zero-order valence-corrected chi connectivity index (χ0v) is 12.8. The quantitative estimate of drug-likeness (QED) is 0.438. The molecule has 19 heavy (non-hydrogen) atoms. The molecule has 93 valence electrons. The van der Waals surface area contributed by atoms with Crippen molar-refractivity contribution in [2.75, 3.05) is 0 Å². The number of H-pyrrole nitrogens is 1. The van der Waals surface area contributed by atoms with Crippen LogP contribution in [0.25, 0.3) is 21.9 Å². The molecule has 0 atom stereocenters. The molecule has 0 saturated carbocycles. The third kappa shape index (κ3) is 1.70. The molecule has 1 N–H and O–H groups in total. The van der Waals surface area contributed by atoms with Crippen LogP contribution in [0.4, 0.5) is 0 Å². The summed E-state index contributed by atoms with van der Waals surface area (Å²) in [5.74, 6) is 0. The molecule has 0 saturated heterocycles. The SMILES string of the molecule is O=c1[nH]c2c(c3ccccc13)-c1cc[c-]cc1C2.[Re]. The van der Waals surface area contributed by atoms with E-state index in [1.165, 1.54) is 16.7 Å². The van der Waals surface area contributed by atoms with Gasteiger partial charge >= 0.3 is 0 Å². The van der Waals surface area contributed by atoms with Crippen LogP contribution < -0.4 is 5.56 Å². The largest absolute Gasteiger partial charge is 0.326 e. The van der Waals surface area contributed by atoms with Crippen LogP contribution >= 0.6 is 0 Å². The van der Waals surface area contributed by atoms with Crippen molar-refractivity contribution in [1.82, 2.24) is 4.98 Å². The molecule has 0 unspecified atom stereocenters. The number of pyridine rings is 1. The summed E-state index contributed by atoms with van der Waals surface area (Å²) in [5.41, 5.74) is 4.65. The van der Waals surface area contributed by atoms with Crippen LogP contribution in [0.5, 0.6) is 0 Å². The summed E-state index contributed by atoms with van der Waals surface area (Å²) < 4.78 is 0. The van der Waals surface area contributed by atoms with Crippen LogP contribution in [0.1, 0.15) is 11.3 Å². The second-order valence-corrected chi connectivity index (χ2v) is 4.61. The molecule has 0 bridgehead atoms. The smallest absolute Gasteiger partial charge is 0.256 e. The van der Waals surface area contributed by atoms with Crippen LogP contribution in [-0.2, 0) is 26.8 Å². The maximum absolute atomic E-state index is 12.0. The van der Waals surface area contributed by atoms with Gasteiger partial charge in [0, 0.05) is 31.5 Å². The molecule has 2 aromatic carbocycles. The number of nitrogens with one attached hydrogen (secondary N) is 1. The second-order valence-electron chi connectivity index (χ2n) is 4.61. The van der Waals surface area contributed by atoms with E-state index in [0.717, 1.165) is 22.9 Å². The molecule has 0 spiro atoms. The van der Waals surface area contributed by atoms with Gasteiger partial charge in [-0.05, 0) is 23.4 Å². The van der Waals surface area contributed by atoms with Crippen LogP contribution in [0, 0.1) is 6.07 Å². The molecule has 2 nitrogen and oxygen atoms in total. The molecule has 0 aliphatic heterocycles. The maximum Gasteiger partial charge on any atom is 0.256 e. The third-order valence-corrected chi connectivity index (χ3v) is 3.59. The number of aromatic nitrogens is 1. The van der Waals surface area contributed by atoms with Gasteiger partial charge in [-0.1, -0.05) is 18.2 Å². The predicted octanol–water partition coefficient (Wildman–Crippen LogP) is 2.90. The molecule has 1 heterocycles. The summed E-state index contributed by atoms with van der Waals surface area (Å²) in [7, 11) is 0. The first kappa shape index (κ1) is 12.4. The first-order valence-electron chi connectivity index (χ1n) is 5.98. The number of aromatic amines is 1. The minimum atomic E-state index is 0. The number of benzene rings is 2. The Bertz CT molecular complexity index is 836. The van der Waals surface area contributed by atoms with E-state index >= 15 is 0 Å². The van der Waals surface area contributed by atoms with Gasteiger partial charge in [0.1, 0.15) is 0 Å². The van der Waals surface area contributed by atoms with Gasteiger partial charge in [-0.25, -0.2) is 0 Å². The van der Waals surface area contributed by atoms with Gasteiger partial charge in [0.25, 0.3) is 5.56 Å². The Morgan fingerprint density at radius 1 is 1.11 bits per heavy atom. The predicted molar refractivity (Wildman–Crippen MR) is 71.6 cm³/mol. The first-order chi connectivity index (χ1) is 8.84. The normalized spacial score (nSPS) is 11.8. The van der Waals surface area contributed by atoms with Gasteiger partial charge in [-0.2, -0.15) is 24.3 Å². The molecule has 4 rings (SSSR count). The van der Waals surface area contributed by atoms with E-state index in [1.54, 1.807) is 0 Å². The standard InChI is InChI=1S/C16H10NO.Re/c18-16-13-8-4-3-7-12(13)15-11-6-2-1-5-10(11)9-14(15)17-16;/h2-8H,9H2,(H,17,18);/q-1;. The fourth-order valence-corrected chi connectivity index (χ4v) is 2.81. The van der Waals surface area contributed by atoms with E-state index in [9.17, 15) is 4.79 Å². The van der Waals surface area contributed by atoms with Crippen molar-refractivity contribution in [3.05, 3.63) is 70.1 Å². The summed E-state index contributed by atoms with van der Waals surface area (Å²) >= 11 is 0. The average molecular weight is 418 g/mol. The third-order valence-electron chi connectivity index (χ3n) is 3.59. The maximum atomic E-state index is 12.0. The Morgan fingerprint density at radius 3 is 2.74 bits per heavy atom. The average Bonchev–Trinajstić information content (AvgIpc) is 2.77. The summed E-state index contributed by atoms with van der Waals surface area (Å²) in [6.45, 7) is 0. The van der Waals surface area contributed by atoms with E-state index in [1.807, 2.05) is 36.4 Å². The minimum Gasteiger partial charge on any atom is -0.326 e. The number of rotatable bonds is 0. The van der Waals surface area contributed by atoms with E-state index in [2.05, 4.69) is 17.1 Å². The molecule has 3 aromatic rings. The molecular weight excluding hydrogens is 408 g/mol. The topological polar surface area (TPSA) is 32.9 Å². The van der Waals surface area contributed by atoms with Crippen LogP contribution in [0.2, 0.25) is 0 Å². The Hall–Kier alpha value is -1.69. The molecule has 1 radical (unpaired) electrons. The summed E-state index contributed by atoms with van der Waals surface area (Å²) in [6, 6.07) is 16.9. The Morgan fingerprint density at radius 2 is 1.89 bits per heavy atom. The van der Waals surface area contributed by atoms with E-state index in [4.69, 9.17) is 0 Å². The Kier molecular flexibility index (Phi) is 2.89. The summed E-state index contributed by atoms with van der Waals surface area (Å²) in [5, 5.41) is 1.80. The van der Waals surface area contributed by atoms with Crippen molar-refractivity contribution in [3.63, 3.8) is 0 Å². The van der Waals surface area contributed by atoms with Crippen molar-refractivity contribution in [2.24, 2.45) is 0 Å². The van der Waals surface area contributed by atoms with Gasteiger partial charge in [0.2, 0.25) is 0 Å². The van der Waals surface area contributed by atoms with E-state index in [-0.39, 0.29) is 26.0 Å². The van der Waals surface area contributed by atoms with Crippen LogP contribution in [0.15, 0.2) is 47.3 Å². The van der Waals surface area contributed by atoms with Crippen molar-refractivity contribution >= 4 is 10.8 Å². The number of hydrogen-bond acceptors (Lipinski definition) is 1. The van der Waals surface area contributed by atoms with Gasteiger partial charge in [0.15, 0.2) is 0 Å². The number of fused-ring (bicyclic) bond motifs is 5. The molecule has 0 amide bonds. The molecule has 1 aliphatic rings. The van der Waals surface area contributed by atoms with Gasteiger partial charge in [0.05, 0.1) is 0 Å². The van der Waals surface area contributed by atoms with Crippen LogP contribution in [0.3, 0.4) is 0 Å². The second kappa shape index (κ2) is 4.45. The fourth-order valence-electron chi connectivity index (χ4n) is 2.81. The van der Waals surface area contributed by atoms with Gasteiger partial charge in [-0.3, -0.25) is 4.79 Å². The molecule has 3 heteroatoms. The summed E-state index contributed by atoms with van der Waals surface area (Å²) in [6.07, 6.45) is 0.794. The van der Waals surface area contributed by atoms with Crippen molar-refractivity contribution in [1.29, 1.82) is 0 Å². The van der Waals surface area contributed by atoms with E-state index in [0.29, 0.717) is 0 Å². The number of hydrogen-bond donors (Lipinski definition) is 1. The Balaban J connectivity index is 0.00000110. The molecular formula is C16H10NORe-. The van der Waals surface area contributed by atoms with Crippen molar-refractivity contribution in [3.8, 4) is 11.1 Å². The van der Waals surface area contributed by atoms with Crippen molar-refractivity contribution < 1.29 is 20.4 Å². The van der Waals surface area contributed by atoms with Gasteiger partial charge in [-0.15, -0.1) is 11.1 Å². The zero-order valence-electron chi connectivity index (χ0n) is 10.0. The monoisotopic (exact) mass is 419 g/mol. The van der Waals surface area contributed by atoms with Crippen molar-refractivity contribution in [2.45, 2.75) is 6.42 Å². The molecule has 0 fully saturated rings. The zero-order chi connectivity index (χ0) is 12.1. The minimum absolute atomic E-state index is 0. The first-order valence-corrected chi connectivity index (χ1v) is 5.98. The van der Waals surface area contributed by atoms with E-state index < -0.39 is 0 Å². The van der Waals surface area contributed by atoms with Crippen LogP contribution in [-0.4, -0.2) is 4.98 Å². The fraction of sp³-hybridized carbons (Fsp3) is 0.0625. The Labute approximate surface area is 124 Å². The molecule has 1 aromatic heterocycles. The molecule has 1 aliphatic carbocycles.